The summed E-state index contributed by atoms with van der Waals surface area (Å²) in [6.45, 7) is 7.13. The number of aryl methyl sites for hydroxylation is 1. The van der Waals surface area contributed by atoms with Gasteiger partial charge in [0.1, 0.15) is 6.04 Å². The fraction of sp³-hybridized carbons (Fsp3) is 0.533. The number of carbonyl (C=O) groups excluding carboxylic acids is 1. The highest BCUT2D eigenvalue weighted by Crippen LogP contribution is 2.16. The van der Waals surface area contributed by atoms with Crippen LogP contribution in [0.15, 0.2) is 24.3 Å². The second kappa shape index (κ2) is 7.17. The summed E-state index contributed by atoms with van der Waals surface area (Å²) in [6, 6.07) is 7.73. The van der Waals surface area contributed by atoms with Crippen LogP contribution in [0, 0.1) is 5.92 Å². The minimum absolute atomic E-state index is 0.236. The third-order valence-electron chi connectivity index (χ3n) is 2.89. The van der Waals surface area contributed by atoms with E-state index >= 15 is 0 Å². The highest BCUT2D eigenvalue weighted by Gasteiger charge is 2.20. The fourth-order valence-electron chi connectivity index (χ4n) is 1.75. The van der Waals surface area contributed by atoms with Gasteiger partial charge in [-0.2, -0.15) is 0 Å². The van der Waals surface area contributed by atoms with Gasteiger partial charge in [0.05, 0.1) is 7.11 Å². The molecule has 0 aliphatic rings. The van der Waals surface area contributed by atoms with Crippen molar-refractivity contribution in [3.63, 3.8) is 0 Å². The summed E-state index contributed by atoms with van der Waals surface area (Å²) in [5.74, 6) is 0.256. The van der Waals surface area contributed by atoms with Crippen LogP contribution in [0.1, 0.15) is 37.9 Å². The number of methoxy groups -OCH3 is 1. The van der Waals surface area contributed by atoms with E-state index in [-0.39, 0.29) is 12.0 Å². The maximum Gasteiger partial charge on any atom is 0.327 e. The maximum atomic E-state index is 11.8. The van der Waals surface area contributed by atoms with Crippen LogP contribution in [0.3, 0.4) is 0 Å². The molecule has 1 N–H and O–H groups in total. The third-order valence-corrected chi connectivity index (χ3v) is 2.89. The van der Waals surface area contributed by atoms with Gasteiger partial charge in [-0.1, -0.05) is 45.0 Å². The van der Waals surface area contributed by atoms with E-state index in [1.807, 2.05) is 12.1 Å². The lowest BCUT2D eigenvalue weighted by atomic mass is 10.0. The summed E-state index contributed by atoms with van der Waals surface area (Å²) in [6.07, 6.45) is 1.00. The quantitative estimate of drug-likeness (QED) is 0.788. The van der Waals surface area contributed by atoms with Crippen molar-refractivity contribution in [3.8, 4) is 0 Å². The maximum absolute atomic E-state index is 11.8. The first kappa shape index (κ1) is 14.7. The first-order valence-electron chi connectivity index (χ1n) is 6.48. The molecular formula is C15H23NO2. The number of ether oxygens (including phenoxy) is 1. The van der Waals surface area contributed by atoms with Gasteiger partial charge in [0.25, 0.3) is 0 Å². The van der Waals surface area contributed by atoms with Crippen molar-refractivity contribution in [1.82, 2.24) is 5.32 Å². The van der Waals surface area contributed by atoms with Crippen LogP contribution in [0.25, 0.3) is 0 Å². The molecule has 0 spiro atoms. The molecule has 0 aromatic heterocycles. The van der Waals surface area contributed by atoms with Gasteiger partial charge in [-0.15, -0.1) is 0 Å². The number of benzene rings is 1. The van der Waals surface area contributed by atoms with Crippen LogP contribution >= 0.6 is 0 Å². The summed E-state index contributed by atoms with van der Waals surface area (Å²) in [7, 11) is 1.42. The van der Waals surface area contributed by atoms with Crippen molar-refractivity contribution >= 4 is 5.97 Å². The van der Waals surface area contributed by atoms with Gasteiger partial charge >= 0.3 is 5.97 Å². The highest BCUT2D eigenvalue weighted by atomic mass is 16.5. The summed E-state index contributed by atoms with van der Waals surface area (Å²) in [5.41, 5.74) is 2.23. The van der Waals surface area contributed by atoms with E-state index in [2.05, 4.69) is 38.2 Å². The zero-order valence-electron chi connectivity index (χ0n) is 11.7. The molecule has 0 saturated carbocycles. The Kier molecular flexibility index (Phi) is 5.86. The smallest absolute Gasteiger partial charge is 0.327 e. The second-order valence-corrected chi connectivity index (χ2v) is 4.85. The lowest BCUT2D eigenvalue weighted by Crippen LogP contribution is -2.32. The number of rotatable bonds is 6. The average molecular weight is 249 g/mol. The number of esters is 1. The SMILES string of the molecule is CCc1ccc(C(NCC(C)C)C(=O)OC)cc1. The minimum Gasteiger partial charge on any atom is -0.468 e. The molecule has 0 amide bonds. The predicted octanol–water partition coefficient (Wildman–Crippen LogP) is 2.71. The zero-order chi connectivity index (χ0) is 13.5. The molecule has 1 unspecified atom stereocenters. The van der Waals surface area contributed by atoms with E-state index in [1.54, 1.807) is 0 Å². The van der Waals surface area contributed by atoms with Crippen molar-refractivity contribution in [2.24, 2.45) is 5.92 Å². The van der Waals surface area contributed by atoms with Gasteiger partial charge in [0, 0.05) is 0 Å². The normalized spacial score (nSPS) is 12.5. The molecular weight excluding hydrogens is 226 g/mol. The van der Waals surface area contributed by atoms with Crippen LogP contribution in [0.2, 0.25) is 0 Å². The van der Waals surface area contributed by atoms with Crippen LogP contribution in [0.5, 0.6) is 0 Å². The lowest BCUT2D eigenvalue weighted by molar-refractivity contribution is -0.143. The summed E-state index contributed by atoms with van der Waals surface area (Å²) in [4.78, 5) is 11.8. The van der Waals surface area contributed by atoms with E-state index in [9.17, 15) is 4.79 Å². The number of hydrogen-bond acceptors (Lipinski definition) is 3. The number of hydrogen-bond donors (Lipinski definition) is 1. The van der Waals surface area contributed by atoms with Gasteiger partial charge in [0.15, 0.2) is 0 Å². The van der Waals surface area contributed by atoms with E-state index < -0.39 is 0 Å². The molecule has 3 nitrogen and oxygen atoms in total. The topological polar surface area (TPSA) is 38.3 Å². The monoisotopic (exact) mass is 249 g/mol. The summed E-state index contributed by atoms with van der Waals surface area (Å²) < 4.78 is 4.85. The van der Waals surface area contributed by atoms with Crippen LogP contribution < -0.4 is 5.32 Å². The van der Waals surface area contributed by atoms with E-state index in [4.69, 9.17) is 4.74 Å². The van der Waals surface area contributed by atoms with E-state index in [0.29, 0.717) is 5.92 Å². The Bertz CT molecular complexity index is 371. The van der Waals surface area contributed by atoms with Crippen LogP contribution in [-0.4, -0.2) is 19.6 Å². The molecule has 0 aliphatic heterocycles. The molecule has 18 heavy (non-hydrogen) atoms. The molecule has 1 atom stereocenters. The molecule has 1 rings (SSSR count). The molecule has 0 heterocycles. The van der Waals surface area contributed by atoms with Gasteiger partial charge in [0.2, 0.25) is 0 Å². The Balaban J connectivity index is 2.83. The molecule has 0 aliphatic carbocycles. The van der Waals surface area contributed by atoms with E-state index in [1.165, 1.54) is 12.7 Å². The molecule has 1 aromatic carbocycles. The fourth-order valence-corrected chi connectivity index (χ4v) is 1.75. The van der Waals surface area contributed by atoms with Crippen LogP contribution in [0.4, 0.5) is 0 Å². The van der Waals surface area contributed by atoms with Gasteiger partial charge in [-0.25, -0.2) is 4.79 Å². The Morgan fingerprint density at radius 3 is 2.33 bits per heavy atom. The summed E-state index contributed by atoms with van der Waals surface area (Å²) >= 11 is 0. The second-order valence-electron chi connectivity index (χ2n) is 4.85. The largest absolute Gasteiger partial charge is 0.468 e. The first-order chi connectivity index (χ1) is 8.58. The average Bonchev–Trinajstić information content (AvgIpc) is 2.39. The van der Waals surface area contributed by atoms with Crippen molar-refractivity contribution in [2.45, 2.75) is 33.2 Å². The number of nitrogens with one attached hydrogen (secondary N) is 1. The molecule has 0 radical (unpaired) electrons. The minimum atomic E-state index is -0.372. The predicted molar refractivity (Wildman–Crippen MR) is 73.4 cm³/mol. The Morgan fingerprint density at radius 2 is 1.89 bits per heavy atom. The molecule has 3 heteroatoms. The molecule has 0 saturated heterocycles. The van der Waals surface area contributed by atoms with Crippen molar-refractivity contribution in [1.29, 1.82) is 0 Å². The van der Waals surface area contributed by atoms with Crippen molar-refractivity contribution in [2.75, 3.05) is 13.7 Å². The summed E-state index contributed by atoms with van der Waals surface area (Å²) in [5, 5.41) is 3.25. The first-order valence-corrected chi connectivity index (χ1v) is 6.48. The zero-order valence-corrected chi connectivity index (χ0v) is 11.7. The molecule has 0 bridgehead atoms. The third kappa shape index (κ3) is 4.15. The van der Waals surface area contributed by atoms with Crippen LogP contribution in [-0.2, 0) is 16.0 Å². The molecule has 0 fully saturated rings. The number of carbonyl (C=O) groups is 1. The lowest BCUT2D eigenvalue weighted by Gasteiger charge is -2.18. The van der Waals surface area contributed by atoms with E-state index in [0.717, 1.165) is 18.5 Å². The van der Waals surface area contributed by atoms with Gasteiger partial charge in [-0.05, 0) is 30.0 Å². The molecule has 100 valence electrons. The van der Waals surface area contributed by atoms with Gasteiger partial charge in [-0.3, -0.25) is 0 Å². The van der Waals surface area contributed by atoms with Gasteiger partial charge < -0.3 is 10.1 Å². The Labute approximate surface area is 110 Å². The van der Waals surface area contributed by atoms with Crippen molar-refractivity contribution < 1.29 is 9.53 Å². The van der Waals surface area contributed by atoms with Crippen molar-refractivity contribution in [3.05, 3.63) is 35.4 Å². The Morgan fingerprint density at radius 1 is 1.28 bits per heavy atom. The highest BCUT2D eigenvalue weighted by molar-refractivity contribution is 5.77. The molecule has 1 aromatic rings. The Hall–Kier alpha value is -1.35. The standard InChI is InChI=1S/C15H23NO2/c1-5-12-6-8-13(9-7-12)14(15(17)18-4)16-10-11(2)3/h6-9,11,14,16H,5,10H2,1-4H3.